The van der Waals surface area contributed by atoms with Crippen molar-refractivity contribution >= 4 is 86.4 Å². The molecule has 1 heterocycles. The number of ether oxygens (including phenoxy) is 2. The Morgan fingerprint density at radius 1 is 1.13 bits per heavy atom. The van der Waals surface area contributed by atoms with Gasteiger partial charge in [-0.25, -0.2) is 0 Å². The van der Waals surface area contributed by atoms with Crippen LogP contribution in [0.25, 0.3) is 6.08 Å². The molecule has 1 saturated heterocycles. The molecule has 3 amide bonds. The number of nitrogens with zero attached hydrogens (tertiary/aromatic N) is 1. The SMILES string of the molecule is COc1cc(/C=C2\SC(=O)N(Cc3ccc(Cl)cc3Cl)C2=O)cc(I)c1OCC(=O)Nc1cccc(C)c1. The van der Waals surface area contributed by atoms with Gasteiger partial charge in [0.05, 0.1) is 22.1 Å². The second kappa shape index (κ2) is 12.4. The van der Waals surface area contributed by atoms with E-state index in [-0.39, 0.29) is 24.0 Å². The van der Waals surface area contributed by atoms with Gasteiger partial charge in [-0.3, -0.25) is 19.3 Å². The molecule has 38 heavy (non-hydrogen) atoms. The van der Waals surface area contributed by atoms with Gasteiger partial charge in [0, 0.05) is 15.7 Å². The zero-order valence-corrected chi connectivity index (χ0v) is 24.7. The van der Waals surface area contributed by atoms with Gasteiger partial charge >= 0.3 is 0 Å². The number of hydrogen-bond donors (Lipinski definition) is 1. The van der Waals surface area contributed by atoms with Crippen LogP contribution in [0.1, 0.15) is 16.7 Å². The van der Waals surface area contributed by atoms with Crippen molar-refractivity contribution in [3.63, 3.8) is 0 Å². The van der Waals surface area contributed by atoms with Crippen molar-refractivity contribution in [2.24, 2.45) is 0 Å². The molecule has 0 unspecified atom stereocenters. The summed E-state index contributed by atoms with van der Waals surface area (Å²) in [6.45, 7) is 1.76. The first-order valence-electron chi connectivity index (χ1n) is 11.2. The third-order valence-corrected chi connectivity index (χ3v) is 7.71. The average molecular weight is 683 g/mol. The summed E-state index contributed by atoms with van der Waals surface area (Å²) in [6, 6.07) is 15.8. The molecule has 0 bridgehead atoms. The quantitative estimate of drug-likeness (QED) is 0.200. The van der Waals surface area contributed by atoms with Gasteiger partial charge in [0.2, 0.25) is 0 Å². The summed E-state index contributed by atoms with van der Waals surface area (Å²) in [5, 5.41) is 3.25. The number of rotatable bonds is 8. The molecule has 11 heteroatoms. The van der Waals surface area contributed by atoms with Crippen molar-refractivity contribution < 1.29 is 23.9 Å². The molecule has 7 nitrogen and oxygen atoms in total. The molecule has 1 aliphatic heterocycles. The van der Waals surface area contributed by atoms with Crippen molar-refractivity contribution in [1.29, 1.82) is 0 Å². The van der Waals surface area contributed by atoms with Crippen LogP contribution in [0.4, 0.5) is 10.5 Å². The average Bonchev–Trinajstić information content (AvgIpc) is 3.11. The van der Waals surface area contributed by atoms with Gasteiger partial charge in [0.15, 0.2) is 18.1 Å². The molecular weight excluding hydrogens is 662 g/mol. The minimum atomic E-state index is -0.423. The smallest absolute Gasteiger partial charge is 0.293 e. The predicted octanol–water partition coefficient (Wildman–Crippen LogP) is 7.17. The second-order valence-electron chi connectivity index (χ2n) is 8.24. The van der Waals surface area contributed by atoms with Crippen LogP contribution in [0.3, 0.4) is 0 Å². The molecule has 1 fully saturated rings. The predicted molar refractivity (Wildman–Crippen MR) is 159 cm³/mol. The highest BCUT2D eigenvalue weighted by molar-refractivity contribution is 14.1. The minimum Gasteiger partial charge on any atom is -0.493 e. The van der Waals surface area contributed by atoms with Crippen molar-refractivity contribution in [2.45, 2.75) is 13.5 Å². The lowest BCUT2D eigenvalue weighted by Crippen LogP contribution is -2.27. The van der Waals surface area contributed by atoms with Gasteiger partial charge in [-0.2, -0.15) is 0 Å². The highest BCUT2D eigenvalue weighted by atomic mass is 127. The van der Waals surface area contributed by atoms with Crippen molar-refractivity contribution in [3.8, 4) is 11.5 Å². The van der Waals surface area contributed by atoms with Crippen molar-refractivity contribution in [3.05, 3.63) is 89.8 Å². The van der Waals surface area contributed by atoms with Crippen LogP contribution >= 0.6 is 57.6 Å². The standard InChI is InChI=1S/C27H21Cl2IN2O5S/c1-15-4-3-5-19(8-15)31-24(33)14-37-25-21(30)9-16(10-22(25)36-2)11-23-26(34)32(27(35)38-23)13-17-6-7-18(28)12-20(17)29/h3-12H,13-14H2,1-2H3,(H,31,33)/b23-11-. The number of hydrogen-bond acceptors (Lipinski definition) is 6. The molecule has 0 spiro atoms. The molecule has 0 saturated carbocycles. The maximum absolute atomic E-state index is 13.0. The summed E-state index contributed by atoms with van der Waals surface area (Å²) in [5.41, 5.74) is 2.96. The van der Waals surface area contributed by atoms with E-state index in [1.165, 1.54) is 7.11 Å². The Hall–Kier alpha value is -2.73. The number of methoxy groups -OCH3 is 1. The van der Waals surface area contributed by atoms with Crippen LogP contribution in [0.2, 0.25) is 10.0 Å². The first-order valence-corrected chi connectivity index (χ1v) is 13.9. The number of nitrogens with one attached hydrogen (secondary N) is 1. The zero-order chi connectivity index (χ0) is 27.4. The molecule has 1 N–H and O–H groups in total. The number of anilines is 1. The van der Waals surface area contributed by atoms with Gasteiger partial charge in [0.25, 0.3) is 17.1 Å². The number of carbonyl (C=O) groups excluding carboxylic acids is 3. The maximum Gasteiger partial charge on any atom is 0.293 e. The normalized spacial score (nSPS) is 14.2. The Bertz CT molecular complexity index is 1460. The summed E-state index contributed by atoms with van der Waals surface area (Å²) in [4.78, 5) is 39.4. The molecule has 0 aliphatic carbocycles. The Morgan fingerprint density at radius 3 is 2.63 bits per heavy atom. The Kier molecular flexibility index (Phi) is 9.24. The first kappa shape index (κ1) is 28.3. The molecule has 3 aromatic rings. The molecule has 0 aromatic heterocycles. The van der Waals surface area contributed by atoms with Gasteiger partial charge in [-0.1, -0.05) is 41.4 Å². The lowest BCUT2D eigenvalue weighted by atomic mass is 10.1. The fraction of sp³-hybridized carbons (Fsp3) is 0.148. The third kappa shape index (κ3) is 6.82. The van der Waals surface area contributed by atoms with E-state index in [0.29, 0.717) is 41.9 Å². The molecule has 0 radical (unpaired) electrons. The lowest BCUT2D eigenvalue weighted by molar-refractivity contribution is -0.123. The molecular formula is C27H21Cl2IN2O5S. The third-order valence-electron chi connectivity index (χ3n) is 5.42. The highest BCUT2D eigenvalue weighted by Crippen LogP contribution is 2.38. The number of benzene rings is 3. The summed E-state index contributed by atoms with van der Waals surface area (Å²) < 4.78 is 11.9. The second-order valence-corrected chi connectivity index (χ2v) is 11.2. The van der Waals surface area contributed by atoms with Crippen LogP contribution in [-0.4, -0.2) is 35.7 Å². The number of carbonyl (C=O) groups is 3. The highest BCUT2D eigenvalue weighted by Gasteiger charge is 2.35. The zero-order valence-electron chi connectivity index (χ0n) is 20.2. The largest absolute Gasteiger partial charge is 0.493 e. The van der Waals surface area contributed by atoms with Crippen LogP contribution in [0.5, 0.6) is 11.5 Å². The van der Waals surface area contributed by atoms with E-state index >= 15 is 0 Å². The van der Waals surface area contributed by atoms with E-state index in [0.717, 1.165) is 22.2 Å². The van der Waals surface area contributed by atoms with Gasteiger partial charge < -0.3 is 14.8 Å². The summed E-state index contributed by atoms with van der Waals surface area (Å²) in [5.74, 6) is 0.0499. The first-order chi connectivity index (χ1) is 18.1. The molecule has 0 atom stereocenters. The molecule has 4 rings (SSSR count). The number of thioether (sulfide) groups is 1. The Morgan fingerprint density at radius 2 is 1.92 bits per heavy atom. The molecule has 3 aromatic carbocycles. The summed E-state index contributed by atoms with van der Waals surface area (Å²) in [6.07, 6.45) is 1.62. The van der Waals surface area contributed by atoms with E-state index in [1.807, 2.05) is 25.1 Å². The molecule has 196 valence electrons. The number of imide groups is 1. The number of aryl methyl sites for hydroxylation is 1. The van der Waals surface area contributed by atoms with E-state index in [2.05, 4.69) is 27.9 Å². The number of amides is 3. The molecule has 1 aliphatic rings. The van der Waals surface area contributed by atoms with Crippen LogP contribution < -0.4 is 14.8 Å². The van der Waals surface area contributed by atoms with Crippen molar-refractivity contribution in [2.75, 3.05) is 19.0 Å². The Labute approximate surface area is 247 Å². The van der Waals surface area contributed by atoms with Crippen LogP contribution in [0, 0.1) is 10.5 Å². The fourth-order valence-corrected chi connectivity index (χ4v) is 5.72. The summed E-state index contributed by atoms with van der Waals surface area (Å²) in [7, 11) is 1.48. The van der Waals surface area contributed by atoms with E-state index < -0.39 is 11.1 Å². The summed E-state index contributed by atoms with van der Waals surface area (Å²) >= 11 is 15.1. The number of halogens is 3. The minimum absolute atomic E-state index is 0.0380. The van der Waals surface area contributed by atoms with E-state index in [4.69, 9.17) is 32.7 Å². The van der Waals surface area contributed by atoms with Crippen LogP contribution in [-0.2, 0) is 16.1 Å². The Balaban J connectivity index is 1.47. The topological polar surface area (TPSA) is 84.9 Å². The van der Waals surface area contributed by atoms with E-state index in [9.17, 15) is 14.4 Å². The van der Waals surface area contributed by atoms with Gasteiger partial charge in [0.1, 0.15) is 0 Å². The monoisotopic (exact) mass is 682 g/mol. The van der Waals surface area contributed by atoms with Crippen LogP contribution in [0.15, 0.2) is 59.5 Å². The van der Waals surface area contributed by atoms with E-state index in [1.54, 1.807) is 42.5 Å². The fourth-order valence-electron chi connectivity index (χ4n) is 3.63. The van der Waals surface area contributed by atoms with Gasteiger partial charge in [-0.05, 0) is 100 Å². The lowest BCUT2D eigenvalue weighted by Gasteiger charge is -2.14. The van der Waals surface area contributed by atoms with Gasteiger partial charge in [-0.15, -0.1) is 0 Å². The maximum atomic E-state index is 13.0. The van der Waals surface area contributed by atoms with Crippen molar-refractivity contribution in [1.82, 2.24) is 4.90 Å².